The molecule has 0 amide bonds. The van der Waals surface area contributed by atoms with E-state index in [1.54, 1.807) is 6.92 Å². The molecular weight excluding hydrogens is 234 g/mol. The molecule has 0 spiro atoms. The maximum Gasteiger partial charge on any atom is 0.344 e. The van der Waals surface area contributed by atoms with Gasteiger partial charge in [0, 0.05) is 12.1 Å². The van der Waals surface area contributed by atoms with Gasteiger partial charge in [-0.3, -0.25) is 0 Å². The Balaban J connectivity index is 2.05. The van der Waals surface area contributed by atoms with Crippen LogP contribution in [-0.4, -0.2) is 30.3 Å². The lowest BCUT2D eigenvalue weighted by molar-refractivity contribution is -0.145. The maximum atomic E-state index is 11.2. The fourth-order valence-corrected chi connectivity index (χ4v) is 2.15. The van der Waals surface area contributed by atoms with Crippen LogP contribution in [0.25, 0.3) is 0 Å². The third-order valence-electron chi connectivity index (χ3n) is 2.90. The second-order valence-electron chi connectivity index (χ2n) is 4.34. The molecule has 0 radical (unpaired) electrons. The van der Waals surface area contributed by atoms with Gasteiger partial charge in [-0.05, 0) is 37.0 Å². The van der Waals surface area contributed by atoms with Crippen LogP contribution < -0.4 is 10.5 Å². The summed E-state index contributed by atoms with van der Waals surface area (Å²) in [6.07, 6.45) is 1.40. The number of ether oxygens (including phenoxy) is 2. The lowest BCUT2D eigenvalue weighted by Gasteiger charge is -2.09. The molecule has 5 heteroatoms. The quantitative estimate of drug-likeness (QED) is 0.772. The van der Waals surface area contributed by atoms with Crippen LogP contribution in [0.5, 0.6) is 11.5 Å². The molecule has 2 rings (SSSR count). The van der Waals surface area contributed by atoms with Crippen LogP contribution in [-0.2, 0) is 22.4 Å². The highest BCUT2D eigenvalue weighted by molar-refractivity contribution is 5.71. The minimum Gasteiger partial charge on any atom is -0.508 e. The minimum atomic E-state index is -0.422. The van der Waals surface area contributed by atoms with Crippen molar-refractivity contribution in [2.24, 2.45) is 5.73 Å². The number of rotatable bonds is 4. The van der Waals surface area contributed by atoms with E-state index in [4.69, 9.17) is 15.2 Å². The summed E-state index contributed by atoms with van der Waals surface area (Å²) >= 11 is 0. The van der Waals surface area contributed by atoms with Gasteiger partial charge in [0.2, 0.25) is 0 Å². The topological polar surface area (TPSA) is 81.8 Å². The van der Waals surface area contributed by atoms with E-state index in [1.165, 1.54) is 6.07 Å². The van der Waals surface area contributed by atoms with Crippen molar-refractivity contribution in [2.45, 2.75) is 25.8 Å². The zero-order valence-corrected chi connectivity index (χ0v) is 10.3. The predicted molar refractivity (Wildman–Crippen MR) is 65.6 cm³/mol. The first-order valence-electron chi connectivity index (χ1n) is 5.99. The van der Waals surface area contributed by atoms with E-state index in [1.807, 2.05) is 6.07 Å². The number of carbonyl (C=O) groups is 1. The van der Waals surface area contributed by atoms with E-state index >= 15 is 0 Å². The standard InChI is InChI=1S/C13H17NO4/c1-2-17-13(16)7-18-10-4-8-3-9(14)5-11(8)12(15)6-10/h4,6,9,15H,2-3,5,7,14H2,1H3. The van der Waals surface area contributed by atoms with Crippen LogP contribution in [0, 0.1) is 0 Å². The van der Waals surface area contributed by atoms with Gasteiger partial charge in [-0.25, -0.2) is 4.79 Å². The van der Waals surface area contributed by atoms with Crippen LogP contribution in [0.2, 0.25) is 0 Å². The Bertz CT molecular complexity index is 459. The van der Waals surface area contributed by atoms with Gasteiger partial charge in [-0.15, -0.1) is 0 Å². The molecule has 0 aromatic heterocycles. The first-order valence-corrected chi connectivity index (χ1v) is 5.99. The molecule has 18 heavy (non-hydrogen) atoms. The number of benzene rings is 1. The number of phenolic OH excluding ortho intramolecular Hbond substituents is 1. The van der Waals surface area contributed by atoms with Gasteiger partial charge < -0.3 is 20.3 Å². The van der Waals surface area contributed by atoms with Gasteiger partial charge in [0.25, 0.3) is 0 Å². The Morgan fingerprint density at radius 2 is 2.28 bits per heavy atom. The molecule has 98 valence electrons. The molecule has 1 aliphatic carbocycles. The second-order valence-corrected chi connectivity index (χ2v) is 4.34. The fourth-order valence-electron chi connectivity index (χ4n) is 2.15. The highest BCUT2D eigenvalue weighted by atomic mass is 16.6. The van der Waals surface area contributed by atoms with E-state index in [2.05, 4.69) is 0 Å². The van der Waals surface area contributed by atoms with Crippen LogP contribution in [0.4, 0.5) is 0 Å². The highest BCUT2D eigenvalue weighted by Crippen LogP contribution is 2.33. The van der Waals surface area contributed by atoms with Crippen molar-refractivity contribution in [1.82, 2.24) is 0 Å². The Morgan fingerprint density at radius 3 is 3.00 bits per heavy atom. The van der Waals surface area contributed by atoms with E-state index in [0.29, 0.717) is 18.8 Å². The van der Waals surface area contributed by atoms with Gasteiger partial charge in [-0.2, -0.15) is 0 Å². The lowest BCUT2D eigenvalue weighted by Crippen LogP contribution is -2.19. The van der Waals surface area contributed by atoms with E-state index < -0.39 is 5.97 Å². The SMILES string of the molecule is CCOC(=O)COc1cc(O)c2c(c1)CC(N)C2. The van der Waals surface area contributed by atoms with E-state index in [-0.39, 0.29) is 18.4 Å². The van der Waals surface area contributed by atoms with Crippen LogP contribution >= 0.6 is 0 Å². The monoisotopic (exact) mass is 251 g/mol. The zero-order valence-electron chi connectivity index (χ0n) is 10.3. The molecule has 1 aromatic rings. The van der Waals surface area contributed by atoms with Gasteiger partial charge in [0.05, 0.1) is 6.61 Å². The molecule has 1 aliphatic rings. The van der Waals surface area contributed by atoms with Crippen LogP contribution in [0.3, 0.4) is 0 Å². The molecule has 0 bridgehead atoms. The maximum absolute atomic E-state index is 11.2. The molecule has 0 saturated heterocycles. The van der Waals surface area contributed by atoms with E-state index in [0.717, 1.165) is 17.5 Å². The van der Waals surface area contributed by atoms with Crippen molar-refractivity contribution >= 4 is 5.97 Å². The summed E-state index contributed by atoms with van der Waals surface area (Å²) in [4.78, 5) is 11.2. The third-order valence-corrected chi connectivity index (χ3v) is 2.90. The number of carbonyl (C=O) groups excluding carboxylic acids is 1. The van der Waals surface area contributed by atoms with Gasteiger partial charge in [0.15, 0.2) is 6.61 Å². The van der Waals surface area contributed by atoms with Crippen LogP contribution in [0.1, 0.15) is 18.1 Å². The average molecular weight is 251 g/mol. The van der Waals surface area contributed by atoms with Gasteiger partial charge >= 0.3 is 5.97 Å². The molecule has 0 heterocycles. The number of hydrogen-bond acceptors (Lipinski definition) is 5. The van der Waals surface area contributed by atoms with Crippen molar-refractivity contribution in [3.63, 3.8) is 0 Å². The second kappa shape index (κ2) is 5.27. The summed E-state index contributed by atoms with van der Waals surface area (Å²) in [6.45, 7) is 1.91. The Hall–Kier alpha value is -1.75. The lowest BCUT2D eigenvalue weighted by atomic mass is 10.1. The molecule has 1 atom stereocenters. The van der Waals surface area contributed by atoms with E-state index in [9.17, 15) is 9.90 Å². The molecule has 0 saturated carbocycles. The number of nitrogens with two attached hydrogens (primary N) is 1. The first kappa shape index (κ1) is 12.7. The molecule has 1 aromatic carbocycles. The van der Waals surface area contributed by atoms with Gasteiger partial charge in [0.1, 0.15) is 11.5 Å². The first-order chi connectivity index (χ1) is 8.60. The minimum absolute atomic E-state index is 0.0474. The molecule has 0 fully saturated rings. The molecule has 3 N–H and O–H groups in total. The number of phenols is 1. The zero-order chi connectivity index (χ0) is 13.1. The summed E-state index contributed by atoms with van der Waals surface area (Å²) < 4.78 is 10.0. The summed E-state index contributed by atoms with van der Waals surface area (Å²) in [5.74, 6) is 0.224. The summed E-state index contributed by atoms with van der Waals surface area (Å²) in [5, 5.41) is 9.85. The molecule has 1 unspecified atom stereocenters. The summed E-state index contributed by atoms with van der Waals surface area (Å²) in [7, 11) is 0. The predicted octanol–water partition coefficient (Wildman–Crippen LogP) is 0.760. The Kier molecular flexibility index (Phi) is 3.72. The van der Waals surface area contributed by atoms with Crippen molar-refractivity contribution in [3.8, 4) is 11.5 Å². The third kappa shape index (κ3) is 2.73. The molecular formula is C13H17NO4. The number of hydrogen-bond donors (Lipinski definition) is 2. The molecule has 0 aliphatic heterocycles. The fraction of sp³-hybridized carbons (Fsp3) is 0.462. The Morgan fingerprint density at radius 1 is 1.50 bits per heavy atom. The largest absolute Gasteiger partial charge is 0.508 e. The molecule has 5 nitrogen and oxygen atoms in total. The van der Waals surface area contributed by atoms with Crippen molar-refractivity contribution in [2.75, 3.05) is 13.2 Å². The summed E-state index contributed by atoms with van der Waals surface area (Å²) in [5.41, 5.74) is 7.71. The number of esters is 1. The smallest absolute Gasteiger partial charge is 0.344 e. The Labute approximate surface area is 106 Å². The van der Waals surface area contributed by atoms with Gasteiger partial charge in [-0.1, -0.05) is 0 Å². The normalized spacial score (nSPS) is 17.3. The van der Waals surface area contributed by atoms with Crippen molar-refractivity contribution in [1.29, 1.82) is 0 Å². The highest BCUT2D eigenvalue weighted by Gasteiger charge is 2.22. The number of fused-ring (bicyclic) bond motifs is 1. The summed E-state index contributed by atoms with van der Waals surface area (Å²) in [6, 6.07) is 3.38. The average Bonchev–Trinajstić information content (AvgIpc) is 2.68. The van der Waals surface area contributed by atoms with Crippen LogP contribution in [0.15, 0.2) is 12.1 Å². The number of aromatic hydroxyl groups is 1. The van der Waals surface area contributed by atoms with Crippen molar-refractivity contribution < 1.29 is 19.4 Å². The van der Waals surface area contributed by atoms with Crippen molar-refractivity contribution in [3.05, 3.63) is 23.3 Å².